The summed E-state index contributed by atoms with van der Waals surface area (Å²) in [5, 5.41) is 6.54. The number of hydrogen-bond donors (Lipinski definition) is 0. The number of hydrogen-bond acceptors (Lipinski definition) is 8. The van der Waals surface area contributed by atoms with Crippen molar-refractivity contribution >= 4 is 23.2 Å². The molecule has 188 valence electrons. The molecule has 4 aromatic rings. The number of ether oxygens (including phenoxy) is 1. The van der Waals surface area contributed by atoms with Crippen LogP contribution in [0.2, 0.25) is 0 Å². The van der Waals surface area contributed by atoms with Crippen LogP contribution in [0.1, 0.15) is 51.9 Å². The number of nitrogens with zero attached hydrogens (tertiary/aromatic N) is 7. The first kappa shape index (κ1) is 25.2. The Morgan fingerprint density at radius 2 is 2.06 bits per heavy atom. The van der Waals surface area contributed by atoms with Crippen LogP contribution in [-0.4, -0.2) is 66.8 Å². The van der Waals surface area contributed by atoms with Gasteiger partial charge in [0.2, 0.25) is 0 Å². The molecule has 0 fully saturated rings. The summed E-state index contributed by atoms with van der Waals surface area (Å²) >= 11 is 1.62. The zero-order valence-electron chi connectivity index (χ0n) is 20.8. The fraction of sp³-hybridized carbons (Fsp3) is 0.360. The summed E-state index contributed by atoms with van der Waals surface area (Å²) in [6.07, 6.45) is 8.93. The predicted octanol–water partition coefficient (Wildman–Crippen LogP) is 3.80. The SMILES string of the molecule is CCCCc1c(C(=O)N(C)CCn2cncc2C(=O)OC)cnn1-c1ncc(C)c(-c2cccs2)n1. The maximum Gasteiger partial charge on any atom is 0.356 e. The van der Waals surface area contributed by atoms with Gasteiger partial charge in [-0.05, 0) is 36.8 Å². The second kappa shape index (κ2) is 11.3. The Labute approximate surface area is 213 Å². The fourth-order valence-corrected chi connectivity index (χ4v) is 4.62. The van der Waals surface area contributed by atoms with E-state index in [1.165, 1.54) is 13.3 Å². The number of esters is 1. The number of unbranched alkanes of at least 4 members (excludes halogenated alkanes) is 1. The Kier molecular flexibility index (Phi) is 7.89. The monoisotopic (exact) mass is 507 g/mol. The third-order valence-electron chi connectivity index (χ3n) is 5.90. The van der Waals surface area contributed by atoms with Gasteiger partial charge in [0.15, 0.2) is 0 Å². The number of thiophene rings is 1. The van der Waals surface area contributed by atoms with Crippen molar-refractivity contribution in [3.05, 3.63) is 64.9 Å². The first-order chi connectivity index (χ1) is 17.4. The van der Waals surface area contributed by atoms with Gasteiger partial charge in [0.05, 0.1) is 47.7 Å². The van der Waals surface area contributed by atoms with Gasteiger partial charge in [-0.2, -0.15) is 5.10 Å². The van der Waals surface area contributed by atoms with Gasteiger partial charge in [-0.15, -0.1) is 11.3 Å². The number of likely N-dealkylation sites (N-methyl/N-ethyl adjacent to an activating group) is 1. The van der Waals surface area contributed by atoms with E-state index in [1.807, 2.05) is 24.4 Å². The molecular weight excluding hydrogens is 478 g/mol. The van der Waals surface area contributed by atoms with E-state index in [2.05, 4.69) is 22.0 Å². The van der Waals surface area contributed by atoms with Crippen LogP contribution in [0.15, 0.2) is 42.4 Å². The predicted molar refractivity (Wildman–Crippen MR) is 136 cm³/mol. The number of rotatable bonds is 10. The molecule has 0 aliphatic carbocycles. The highest BCUT2D eigenvalue weighted by Crippen LogP contribution is 2.26. The maximum absolute atomic E-state index is 13.4. The van der Waals surface area contributed by atoms with E-state index >= 15 is 0 Å². The van der Waals surface area contributed by atoms with Crippen LogP contribution >= 0.6 is 11.3 Å². The summed E-state index contributed by atoms with van der Waals surface area (Å²) in [6.45, 7) is 4.86. The van der Waals surface area contributed by atoms with Crippen LogP contribution in [0.25, 0.3) is 16.5 Å². The van der Waals surface area contributed by atoms with Crippen LogP contribution < -0.4 is 0 Å². The Balaban J connectivity index is 1.59. The van der Waals surface area contributed by atoms with Gasteiger partial charge in [0, 0.05) is 26.3 Å². The van der Waals surface area contributed by atoms with Crippen LogP contribution in [-0.2, 0) is 17.7 Å². The van der Waals surface area contributed by atoms with Crippen LogP contribution in [0, 0.1) is 6.92 Å². The van der Waals surface area contributed by atoms with E-state index in [0.717, 1.165) is 34.7 Å². The first-order valence-corrected chi connectivity index (χ1v) is 12.6. The van der Waals surface area contributed by atoms with Crippen molar-refractivity contribution < 1.29 is 14.3 Å². The quantitative estimate of drug-likeness (QED) is 0.301. The molecule has 0 N–H and O–H groups in total. The Hall–Kier alpha value is -3.86. The molecule has 0 saturated carbocycles. The van der Waals surface area contributed by atoms with Gasteiger partial charge >= 0.3 is 5.97 Å². The molecule has 36 heavy (non-hydrogen) atoms. The van der Waals surface area contributed by atoms with Gasteiger partial charge < -0.3 is 14.2 Å². The Morgan fingerprint density at radius 1 is 1.22 bits per heavy atom. The summed E-state index contributed by atoms with van der Waals surface area (Å²) in [6, 6.07) is 4.02. The molecule has 4 heterocycles. The minimum atomic E-state index is -0.468. The van der Waals surface area contributed by atoms with Gasteiger partial charge in [0.25, 0.3) is 11.9 Å². The third-order valence-corrected chi connectivity index (χ3v) is 6.78. The summed E-state index contributed by atoms with van der Waals surface area (Å²) in [7, 11) is 3.06. The maximum atomic E-state index is 13.4. The summed E-state index contributed by atoms with van der Waals surface area (Å²) in [4.78, 5) is 41.4. The zero-order chi connectivity index (χ0) is 25.7. The lowest BCUT2D eigenvalue weighted by molar-refractivity contribution is 0.0588. The van der Waals surface area contributed by atoms with E-state index in [1.54, 1.807) is 51.3 Å². The number of imidazole rings is 1. The lowest BCUT2D eigenvalue weighted by atomic mass is 10.1. The van der Waals surface area contributed by atoms with E-state index in [4.69, 9.17) is 9.72 Å². The van der Waals surface area contributed by atoms with Crippen molar-refractivity contribution in [3.63, 3.8) is 0 Å². The largest absolute Gasteiger partial charge is 0.464 e. The van der Waals surface area contributed by atoms with Crippen molar-refractivity contribution in [1.82, 2.24) is 34.2 Å². The molecule has 0 bridgehead atoms. The lowest BCUT2D eigenvalue weighted by Gasteiger charge is -2.18. The lowest BCUT2D eigenvalue weighted by Crippen LogP contribution is -2.31. The van der Waals surface area contributed by atoms with Gasteiger partial charge in [-0.25, -0.2) is 24.4 Å². The molecule has 0 saturated heterocycles. The van der Waals surface area contributed by atoms with E-state index in [-0.39, 0.29) is 5.91 Å². The molecule has 0 radical (unpaired) electrons. The van der Waals surface area contributed by atoms with Crippen molar-refractivity contribution in [3.8, 4) is 16.5 Å². The smallest absolute Gasteiger partial charge is 0.356 e. The average molecular weight is 508 g/mol. The molecule has 0 atom stereocenters. The summed E-state index contributed by atoms with van der Waals surface area (Å²) in [5.74, 6) is -0.180. The van der Waals surface area contributed by atoms with Gasteiger partial charge in [0.1, 0.15) is 5.69 Å². The molecular formula is C25H29N7O3S. The molecule has 4 aromatic heterocycles. The van der Waals surface area contributed by atoms with Gasteiger partial charge in [-0.1, -0.05) is 19.4 Å². The topological polar surface area (TPSA) is 108 Å². The number of amides is 1. The van der Waals surface area contributed by atoms with Crippen LogP contribution in [0.4, 0.5) is 0 Å². The average Bonchev–Trinajstić information content (AvgIpc) is 3.66. The van der Waals surface area contributed by atoms with Gasteiger partial charge in [-0.3, -0.25) is 4.79 Å². The molecule has 1 amide bonds. The molecule has 0 unspecified atom stereocenters. The second-order valence-corrected chi connectivity index (χ2v) is 9.34. The molecule has 0 aliphatic heterocycles. The zero-order valence-corrected chi connectivity index (χ0v) is 21.7. The van der Waals surface area contributed by atoms with Crippen molar-refractivity contribution in [2.75, 3.05) is 20.7 Å². The highest BCUT2D eigenvalue weighted by Gasteiger charge is 2.23. The minimum absolute atomic E-state index is 0.155. The number of carbonyl (C=O) groups excluding carboxylic acids is 2. The Morgan fingerprint density at radius 3 is 2.78 bits per heavy atom. The number of methoxy groups -OCH3 is 1. The first-order valence-electron chi connectivity index (χ1n) is 11.7. The molecule has 0 aliphatic rings. The van der Waals surface area contributed by atoms with Crippen molar-refractivity contribution in [1.29, 1.82) is 0 Å². The second-order valence-electron chi connectivity index (χ2n) is 8.39. The molecule has 11 heteroatoms. The molecule has 0 spiro atoms. The summed E-state index contributed by atoms with van der Waals surface area (Å²) < 4.78 is 8.14. The number of aromatic nitrogens is 6. The minimum Gasteiger partial charge on any atom is -0.464 e. The highest BCUT2D eigenvalue weighted by molar-refractivity contribution is 7.13. The summed E-state index contributed by atoms with van der Waals surface area (Å²) in [5.41, 5.74) is 3.48. The molecule has 0 aromatic carbocycles. The van der Waals surface area contributed by atoms with Crippen molar-refractivity contribution in [2.24, 2.45) is 0 Å². The highest BCUT2D eigenvalue weighted by atomic mass is 32.1. The standard InChI is InChI=1S/C25H29N7O3S/c1-5-6-8-19-18(23(33)30(3)10-11-31-16-26-15-20(31)24(34)35-4)14-28-32(19)25-27-13-17(2)22(29-25)21-9-7-12-36-21/h7,9,12-16H,5-6,8,10-11H2,1-4H3. The number of aryl methyl sites for hydroxylation is 1. The normalized spacial score (nSPS) is 11.0. The van der Waals surface area contributed by atoms with Crippen LogP contribution in [0.3, 0.4) is 0 Å². The van der Waals surface area contributed by atoms with E-state index < -0.39 is 5.97 Å². The fourth-order valence-electron chi connectivity index (χ4n) is 3.85. The number of carbonyl (C=O) groups is 2. The molecule has 4 rings (SSSR count). The van der Waals surface area contributed by atoms with Crippen LogP contribution in [0.5, 0.6) is 0 Å². The van der Waals surface area contributed by atoms with Crippen molar-refractivity contribution in [2.45, 2.75) is 39.7 Å². The van der Waals surface area contributed by atoms with E-state index in [9.17, 15) is 9.59 Å². The van der Waals surface area contributed by atoms with E-state index in [0.29, 0.717) is 36.7 Å². The third kappa shape index (κ3) is 5.20. The Bertz CT molecular complexity index is 1340. The molecule has 10 nitrogen and oxygen atoms in total.